The van der Waals surface area contributed by atoms with Crippen LogP contribution in [0.1, 0.15) is 46.5 Å². The van der Waals surface area contributed by atoms with Gasteiger partial charge in [-0.15, -0.1) is 0 Å². The van der Waals surface area contributed by atoms with Crippen molar-refractivity contribution >= 4 is 9.84 Å². The van der Waals surface area contributed by atoms with Crippen LogP contribution in [0.15, 0.2) is 0 Å². The van der Waals surface area contributed by atoms with E-state index in [0.717, 1.165) is 19.5 Å². The number of hydrogen-bond acceptors (Lipinski definition) is 4. The van der Waals surface area contributed by atoms with Crippen LogP contribution in [0, 0.1) is 17.3 Å². The first kappa shape index (κ1) is 17.2. The second-order valence-electron chi connectivity index (χ2n) is 7.98. The molecular formula is C16H32N2O2S. The van der Waals surface area contributed by atoms with Crippen molar-refractivity contribution < 1.29 is 8.42 Å². The van der Waals surface area contributed by atoms with Crippen molar-refractivity contribution in [3.05, 3.63) is 0 Å². The van der Waals surface area contributed by atoms with E-state index in [2.05, 4.69) is 25.7 Å². The number of nitrogens with zero attached hydrogens (tertiary/aromatic N) is 1. The second kappa shape index (κ2) is 6.55. The highest BCUT2D eigenvalue weighted by molar-refractivity contribution is 7.91. The van der Waals surface area contributed by atoms with Gasteiger partial charge in [-0.05, 0) is 56.0 Å². The van der Waals surface area contributed by atoms with Gasteiger partial charge in [-0.2, -0.15) is 0 Å². The first-order valence-electron chi connectivity index (χ1n) is 8.37. The number of sulfone groups is 1. The van der Waals surface area contributed by atoms with Gasteiger partial charge >= 0.3 is 0 Å². The van der Waals surface area contributed by atoms with Gasteiger partial charge in [0.15, 0.2) is 9.84 Å². The fraction of sp³-hybridized carbons (Fsp3) is 1.00. The molecule has 0 amide bonds. The summed E-state index contributed by atoms with van der Waals surface area (Å²) in [4.78, 5) is 2.43. The van der Waals surface area contributed by atoms with Gasteiger partial charge in [0.25, 0.3) is 0 Å². The molecule has 2 aliphatic rings. The van der Waals surface area contributed by atoms with E-state index in [0.29, 0.717) is 41.3 Å². The Hall–Kier alpha value is -0.130. The Kier molecular flexibility index (Phi) is 5.37. The van der Waals surface area contributed by atoms with Crippen LogP contribution >= 0.6 is 0 Å². The Labute approximate surface area is 130 Å². The molecule has 0 radical (unpaired) electrons. The third kappa shape index (κ3) is 4.42. The summed E-state index contributed by atoms with van der Waals surface area (Å²) in [6, 6.07) is 0.473. The standard InChI is InChI=1S/C16H32N2O2S/c1-16(2,3)14-6-5-13(12-17)15(11-14)18-7-4-9-21(19,20)10-8-18/h13-15H,4-12,17H2,1-3H3. The SMILES string of the molecule is CC(C)(C)C1CCC(CN)C(N2CCCS(=O)(=O)CC2)C1. The van der Waals surface area contributed by atoms with Crippen LogP contribution in [-0.4, -0.2) is 50.5 Å². The highest BCUT2D eigenvalue weighted by atomic mass is 32.2. The second-order valence-corrected chi connectivity index (χ2v) is 10.3. The van der Waals surface area contributed by atoms with Gasteiger partial charge < -0.3 is 5.73 Å². The highest BCUT2D eigenvalue weighted by Gasteiger charge is 2.38. The lowest BCUT2D eigenvalue weighted by Gasteiger charge is -2.46. The molecule has 5 heteroatoms. The Morgan fingerprint density at radius 3 is 2.48 bits per heavy atom. The lowest BCUT2D eigenvalue weighted by molar-refractivity contribution is 0.0493. The summed E-state index contributed by atoms with van der Waals surface area (Å²) >= 11 is 0. The molecular weight excluding hydrogens is 284 g/mol. The molecule has 1 heterocycles. The number of rotatable bonds is 2. The molecule has 0 aromatic rings. The van der Waals surface area contributed by atoms with E-state index < -0.39 is 9.84 Å². The van der Waals surface area contributed by atoms with E-state index in [9.17, 15) is 8.42 Å². The van der Waals surface area contributed by atoms with Gasteiger partial charge in [-0.25, -0.2) is 8.42 Å². The zero-order valence-electron chi connectivity index (χ0n) is 13.8. The fourth-order valence-electron chi connectivity index (χ4n) is 4.01. The summed E-state index contributed by atoms with van der Waals surface area (Å²) < 4.78 is 23.6. The van der Waals surface area contributed by atoms with Gasteiger partial charge in [0.1, 0.15) is 0 Å². The van der Waals surface area contributed by atoms with Crippen molar-refractivity contribution in [2.24, 2.45) is 23.0 Å². The minimum Gasteiger partial charge on any atom is -0.330 e. The van der Waals surface area contributed by atoms with Crippen molar-refractivity contribution in [2.75, 3.05) is 31.1 Å². The van der Waals surface area contributed by atoms with Crippen LogP contribution in [0.4, 0.5) is 0 Å². The van der Waals surface area contributed by atoms with Crippen molar-refractivity contribution in [2.45, 2.75) is 52.5 Å². The molecule has 2 fully saturated rings. The van der Waals surface area contributed by atoms with Crippen LogP contribution in [0.3, 0.4) is 0 Å². The molecule has 21 heavy (non-hydrogen) atoms. The molecule has 0 spiro atoms. The molecule has 3 atom stereocenters. The molecule has 2 rings (SSSR count). The molecule has 1 aliphatic carbocycles. The maximum absolute atomic E-state index is 11.8. The van der Waals surface area contributed by atoms with E-state index in [1.807, 2.05) is 0 Å². The van der Waals surface area contributed by atoms with E-state index >= 15 is 0 Å². The van der Waals surface area contributed by atoms with E-state index in [1.54, 1.807) is 0 Å². The Morgan fingerprint density at radius 1 is 1.14 bits per heavy atom. The first-order valence-corrected chi connectivity index (χ1v) is 10.2. The van der Waals surface area contributed by atoms with Gasteiger partial charge in [0, 0.05) is 12.6 Å². The lowest BCUT2D eigenvalue weighted by Crippen LogP contribution is -2.49. The predicted molar refractivity (Wildman–Crippen MR) is 88.0 cm³/mol. The monoisotopic (exact) mass is 316 g/mol. The molecule has 4 nitrogen and oxygen atoms in total. The largest absolute Gasteiger partial charge is 0.330 e. The summed E-state index contributed by atoms with van der Waals surface area (Å²) in [7, 11) is -2.83. The molecule has 0 bridgehead atoms. The molecule has 1 aliphatic heterocycles. The van der Waals surface area contributed by atoms with E-state index in [-0.39, 0.29) is 0 Å². The van der Waals surface area contributed by atoms with E-state index in [1.165, 1.54) is 19.3 Å². The van der Waals surface area contributed by atoms with Crippen LogP contribution < -0.4 is 5.73 Å². The average Bonchev–Trinajstić information content (AvgIpc) is 2.58. The van der Waals surface area contributed by atoms with Crippen molar-refractivity contribution in [1.29, 1.82) is 0 Å². The zero-order chi connectivity index (χ0) is 15.7. The van der Waals surface area contributed by atoms with E-state index in [4.69, 9.17) is 5.73 Å². The van der Waals surface area contributed by atoms with Crippen LogP contribution in [0.25, 0.3) is 0 Å². The minimum atomic E-state index is -2.83. The zero-order valence-corrected chi connectivity index (χ0v) is 14.7. The van der Waals surface area contributed by atoms with Crippen molar-refractivity contribution in [1.82, 2.24) is 4.90 Å². The van der Waals surface area contributed by atoms with Crippen LogP contribution in [0.5, 0.6) is 0 Å². The normalized spacial score (nSPS) is 35.3. The summed E-state index contributed by atoms with van der Waals surface area (Å²) in [6.07, 6.45) is 4.39. The highest BCUT2D eigenvalue weighted by Crippen LogP contribution is 2.41. The molecule has 124 valence electrons. The summed E-state index contributed by atoms with van der Waals surface area (Å²) in [5.74, 6) is 1.92. The van der Waals surface area contributed by atoms with Crippen molar-refractivity contribution in [3.8, 4) is 0 Å². The summed E-state index contributed by atoms with van der Waals surface area (Å²) in [5.41, 5.74) is 6.33. The smallest absolute Gasteiger partial charge is 0.151 e. The van der Waals surface area contributed by atoms with Gasteiger partial charge in [0.05, 0.1) is 11.5 Å². The van der Waals surface area contributed by atoms with Gasteiger partial charge in [-0.1, -0.05) is 20.8 Å². The molecule has 1 saturated carbocycles. The number of hydrogen-bond donors (Lipinski definition) is 1. The maximum Gasteiger partial charge on any atom is 0.151 e. The maximum atomic E-state index is 11.8. The minimum absolute atomic E-state index is 0.320. The lowest BCUT2D eigenvalue weighted by atomic mass is 9.67. The fourth-order valence-corrected chi connectivity index (χ4v) is 5.29. The first-order chi connectivity index (χ1) is 9.73. The van der Waals surface area contributed by atoms with Crippen LogP contribution in [0.2, 0.25) is 0 Å². The molecule has 2 N–H and O–H groups in total. The van der Waals surface area contributed by atoms with Gasteiger partial charge in [0.2, 0.25) is 0 Å². The van der Waals surface area contributed by atoms with Gasteiger partial charge in [-0.3, -0.25) is 4.90 Å². The number of nitrogens with two attached hydrogens (primary N) is 1. The van der Waals surface area contributed by atoms with Crippen molar-refractivity contribution in [3.63, 3.8) is 0 Å². The van der Waals surface area contributed by atoms with Crippen LogP contribution in [-0.2, 0) is 9.84 Å². The molecule has 0 aromatic heterocycles. The third-order valence-electron chi connectivity index (χ3n) is 5.54. The molecule has 3 unspecified atom stereocenters. The average molecular weight is 317 g/mol. The predicted octanol–water partition coefficient (Wildman–Crippen LogP) is 1.90. The Balaban J connectivity index is 2.10. The quantitative estimate of drug-likeness (QED) is 0.845. The third-order valence-corrected chi connectivity index (χ3v) is 7.26. The Morgan fingerprint density at radius 2 is 1.86 bits per heavy atom. The summed E-state index contributed by atoms with van der Waals surface area (Å²) in [6.45, 7) is 9.31. The Bertz CT molecular complexity index is 442. The topological polar surface area (TPSA) is 63.4 Å². The molecule has 1 saturated heterocycles. The molecule has 0 aromatic carbocycles. The summed E-state index contributed by atoms with van der Waals surface area (Å²) in [5, 5.41) is 0.